The molecule has 0 N–H and O–H groups in total. The zero-order valence-electron chi connectivity index (χ0n) is 14.2. The highest BCUT2D eigenvalue weighted by molar-refractivity contribution is 5.68. The zero-order chi connectivity index (χ0) is 18.1. The predicted molar refractivity (Wildman–Crippen MR) is 83.9 cm³/mol. The first-order chi connectivity index (χ1) is 11.0. The van der Waals surface area contributed by atoms with Crippen LogP contribution in [0.2, 0.25) is 0 Å². The SMILES string of the molecule is CN(c1cncc(C(F)(F)F)c1)C1CCN(C(=O)OC(C)(C)C)C1. The third-order valence-corrected chi connectivity index (χ3v) is 3.82. The first-order valence-electron chi connectivity index (χ1n) is 7.70. The molecule has 0 saturated carbocycles. The Morgan fingerprint density at radius 2 is 2.00 bits per heavy atom. The molecule has 0 aromatic carbocycles. The topological polar surface area (TPSA) is 45.7 Å². The molecule has 0 aliphatic carbocycles. The number of likely N-dealkylation sites (tertiary alicyclic amines) is 1. The first kappa shape index (κ1) is 18.4. The fourth-order valence-electron chi connectivity index (χ4n) is 2.54. The molecule has 1 amide bonds. The Morgan fingerprint density at radius 1 is 1.33 bits per heavy atom. The molecule has 1 atom stereocenters. The second-order valence-corrected chi connectivity index (χ2v) is 6.91. The number of carbonyl (C=O) groups is 1. The van der Waals surface area contributed by atoms with Gasteiger partial charge in [-0.15, -0.1) is 0 Å². The van der Waals surface area contributed by atoms with Gasteiger partial charge in [0.15, 0.2) is 0 Å². The molecule has 0 bridgehead atoms. The van der Waals surface area contributed by atoms with Crippen LogP contribution in [0.5, 0.6) is 0 Å². The number of likely N-dealkylation sites (N-methyl/N-ethyl adjacent to an activating group) is 1. The molecule has 2 heterocycles. The number of halogens is 3. The van der Waals surface area contributed by atoms with Gasteiger partial charge < -0.3 is 14.5 Å². The lowest BCUT2D eigenvalue weighted by Crippen LogP contribution is -2.39. The molecule has 5 nitrogen and oxygen atoms in total. The van der Waals surface area contributed by atoms with Crippen LogP contribution < -0.4 is 4.90 Å². The molecule has 1 aromatic heterocycles. The van der Waals surface area contributed by atoms with Crippen molar-refractivity contribution in [1.82, 2.24) is 9.88 Å². The van der Waals surface area contributed by atoms with Crippen molar-refractivity contribution in [3.8, 4) is 0 Å². The number of carbonyl (C=O) groups excluding carboxylic acids is 1. The summed E-state index contributed by atoms with van der Waals surface area (Å²) < 4.78 is 43.7. The molecule has 1 saturated heterocycles. The molecule has 1 unspecified atom stereocenters. The highest BCUT2D eigenvalue weighted by Crippen LogP contribution is 2.31. The second-order valence-electron chi connectivity index (χ2n) is 6.91. The minimum Gasteiger partial charge on any atom is -0.444 e. The molecule has 1 fully saturated rings. The number of aromatic nitrogens is 1. The smallest absolute Gasteiger partial charge is 0.417 e. The van der Waals surface area contributed by atoms with Crippen LogP contribution in [0, 0.1) is 0 Å². The number of hydrogen-bond acceptors (Lipinski definition) is 4. The Hall–Kier alpha value is -1.99. The van der Waals surface area contributed by atoms with Crippen LogP contribution in [0.25, 0.3) is 0 Å². The summed E-state index contributed by atoms with van der Waals surface area (Å²) in [5.74, 6) is 0. The maximum atomic E-state index is 12.8. The standard InChI is InChI=1S/C16H22F3N3O2/c1-15(2,3)24-14(23)22-6-5-12(10-22)21(4)13-7-11(8-20-9-13)16(17,18)19/h7-9,12H,5-6,10H2,1-4H3. The van der Waals surface area contributed by atoms with E-state index in [0.29, 0.717) is 25.2 Å². The van der Waals surface area contributed by atoms with E-state index in [2.05, 4.69) is 4.98 Å². The highest BCUT2D eigenvalue weighted by Gasteiger charge is 2.34. The van der Waals surface area contributed by atoms with Crippen LogP contribution >= 0.6 is 0 Å². The average Bonchev–Trinajstić information content (AvgIpc) is 2.94. The molecule has 2 rings (SSSR count). The van der Waals surface area contributed by atoms with Crippen LogP contribution in [-0.4, -0.2) is 47.8 Å². The van der Waals surface area contributed by atoms with E-state index in [1.165, 1.54) is 6.20 Å². The first-order valence-corrected chi connectivity index (χ1v) is 7.70. The molecule has 1 aliphatic heterocycles. The quantitative estimate of drug-likeness (QED) is 0.822. The maximum absolute atomic E-state index is 12.8. The van der Waals surface area contributed by atoms with Crippen LogP contribution in [0.4, 0.5) is 23.7 Å². The highest BCUT2D eigenvalue weighted by atomic mass is 19.4. The van der Waals surface area contributed by atoms with Crippen molar-refractivity contribution < 1.29 is 22.7 Å². The average molecular weight is 345 g/mol. The fourth-order valence-corrected chi connectivity index (χ4v) is 2.54. The van der Waals surface area contributed by atoms with Gasteiger partial charge in [0.05, 0.1) is 17.4 Å². The van der Waals surface area contributed by atoms with Gasteiger partial charge in [-0.1, -0.05) is 0 Å². The van der Waals surface area contributed by atoms with Crippen molar-refractivity contribution in [3.05, 3.63) is 24.0 Å². The van der Waals surface area contributed by atoms with E-state index >= 15 is 0 Å². The number of hydrogen-bond donors (Lipinski definition) is 0. The van der Waals surface area contributed by atoms with Gasteiger partial charge in [0, 0.05) is 32.4 Å². The number of rotatable bonds is 2. The van der Waals surface area contributed by atoms with Crippen molar-refractivity contribution in [2.45, 2.75) is 45.0 Å². The van der Waals surface area contributed by atoms with E-state index in [-0.39, 0.29) is 6.04 Å². The molecular weight excluding hydrogens is 323 g/mol. The molecule has 0 spiro atoms. The number of nitrogens with zero attached hydrogens (tertiary/aromatic N) is 3. The predicted octanol–water partition coefficient (Wildman–Crippen LogP) is 3.55. The van der Waals surface area contributed by atoms with Gasteiger partial charge in [-0.25, -0.2) is 4.79 Å². The third kappa shape index (κ3) is 4.52. The van der Waals surface area contributed by atoms with Gasteiger partial charge in [-0.2, -0.15) is 13.2 Å². The van der Waals surface area contributed by atoms with Gasteiger partial charge in [-0.3, -0.25) is 4.98 Å². The van der Waals surface area contributed by atoms with E-state index < -0.39 is 23.4 Å². The van der Waals surface area contributed by atoms with Crippen LogP contribution in [0.3, 0.4) is 0 Å². The third-order valence-electron chi connectivity index (χ3n) is 3.82. The van der Waals surface area contributed by atoms with Crippen molar-refractivity contribution in [2.75, 3.05) is 25.0 Å². The zero-order valence-corrected chi connectivity index (χ0v) is 14.2. The summed E-state index contributed by atoms with van der Waals surface area (Å²) in [5, 5.41) is 0. The number of alkyl halides is 3. The van der Waals surface area contributed by atoms with Gasteiger partial charge >= 0.3 is 12.3 Å². The van der Waals surface area contributed by atoms with Crippen LogP contribution in [-0.2, 0) is 10.9 Å². The van der Waals surface area contributed by atoms with Crippen molar-refractivity contribution in [3.63, 3.8) is 0 Å². The fraction of sp³-hybridized carbons (Fsp3) is 0.625. The molecule has 1 aromatic rings. The van der Waals surface area contributed by atoms with E-state index in [1.54, 1.807) is 37.6 Å². The minimum absolute atomic E-state index is 0.0807. The summed E-state index contributed by atoms with van der Waals surface area (Å²) in [6.07, 6.45) is -1.97. The summed E-state index contributed by atoms with van der Waals surface area (Å²) in [4.78, 5) is 19.1. The monoisotopic (exact) mass is 345 g/mol. The Kier molecular flexibility index (Phi) is 4.96. The number of anilines is 1. The Bertz CT molecular complexity index is 599. The Balaban J connectivity index is 2.04. The number of ether oxygens (including phenoxy) is 1. The Labute approximate surface area is 139 Å². The minimum atomic E-state index is -4.43. The summed E-state index contributed by atoms with van der Waals surface area (Å²) in [7, 11) is 1.71. The summed E-state index contributed by atoms with van der Waals surface area (Å²) in [6.45, 7) is 6.29. The van der Waals surface area contributed by atoms with E-state index in [4.69, 9.17) is 4.74 Å². The normalized spacial score (nSPS) is 18.6. The van der Waals surface area contributed by atoms with Crippen molar-refractivity contribution in [2.24, 2.45) is 0 Å². The Morgan fingerprint density at radius 3 is 2.58 bits per heavy atom. The van der Waals surface area contributed by atoms with Crippen molar-refractivity contribution >= 4 is 11.8 Å². The molecule has 8 heteroatoms. The maximum Gasteiger partial charge on any atom is 0.417 e. The van der Waals surface area contributed by atoms with Crippen LogP contribution in [0.15, 0.2) is 18.5 Å². The number of amides is 1. The lowest BCUT2D eigenvalue weighted by molar-refractivity contribution is -0.137. The lowest BCUT2D eigenvalue weighted by Gasteiger charge is -2.28. The van der Waals surface area contributed by atoms with Gasteiger partial charge in [0.1, 0.15) is 5.60 Å². The summed E-state index contributed by atoms with van der Waals surface area (Å²) in [6, 6.07) is 0.992. The van der Waals surface area contributed by atoms with Gasteiger partial charge in [0.25, 0.3) is 0 Å². The molecule has 134 valence electrons. The second kappa shape index (κ2) is 6.49. The van der Waals surface area contributed by atoms with E-state index in [1.807, 2.05) is 0 Å². The van der Waals surface area contributed by atoms with E-state index in [0.717, 1.165) is 12.3 Å². The molecule has 0 radical (unpaired) electrons. The molecule has 1 aliphatic rings. The summed E-state index contributed by atoms with van der Waals surface area (Å²) >= 11 is 0. The molecule has 24 heavy (non-hydrogen) atoms. The van der Waals surface area contributed by atoms with E-state index in [9.17, 15) is 18.0 Å². The largest absolute Gasteiger partial charge is 0.444 e. The summed E-state index contributed by atoms with van der Waals surface area (Å²) in [5.41, 5.74) is -0.985. The van der Waals surface area contributed by atoms with Gasteiger partial charge in [-0.05, 0) is 33.3 Å². The lowest BCUT2D eigenvalue weighted by atomic mass is 10.2. The van der Waals surface area contributed by atoms with Crippen LogP contribution in [0.1, 0.15) is 32.8 Å². The molecular formula is C16H22F3N3O2. The van der Waals surface area contributed by atoms with Crippen molar-refractivity contribution in [1.29, 1.82) is 0 Å². The number of pyridine rings is 1. The van der Waals surface area contributed by atoms with Gasteiger partial charge in [0.2, 0.25) is 0 Å².